The molecule has 1 amide bonds. The third kappa shape index (κ3) is 8.40. The summed E-state index contributed by atoms with van der Waals surface area (Å²) in [6.45, 7) is 2.13. The Bertz CT molecular complexity index is 647. The number of amides is 1. The maximum atomic E-state index is 11.7. The van der Waals surface area contributed by atoms with E-state index in [4.69, 9.17) is 9.15 Å². The van der Waals surface area contributed by atoms with E-state index in [-0.39, 0.29) is 5.91 Å². The quantitative estimate of drug-likeness (QED) is 0.574. The van der Waals surface area contributed by atoms with Crippen molar-refractivity contribution in [1.29, 1.82) is 0 Å². The van der Waals surface area contributed by atoms with E-state index in [9.17, 15) is 4.79 Å². The van der Waals surface area contributed by atoms with E-state index in [1.54, 1.807) is 24.2 Å². The molecule has 0 radical (unpaired) electrons. The lowest BCUT2D eigenvalue weighted by atomic mass is 10.2. The van der Waals surface area contributed by atoms with Gasteiger partial charge in [-0.25, -0.2) is 4.98 Å². The number of hydrogen-bond donors (Lipinski definition) is 1. The van der Waals surface area contributed by atoms with E-state index in [0.717, 1.165) is 25.1 Å². The summed E-state index contributed by atoms with van der Waals surface area (Å²) in [6.07, 6.45) is 5.17. The molecule has 0 aliphatic carbocycles. The second-order valence-electron chi connectivity index (χ2n) is 6.22. The van der Waals surface area contributed by atoms with Crippen LogP contribution in [0.25, 0.3) is 0 Å². The lowest BCUT2D eigenvalue weighted by Gasteiger charge is -2.11. The number of nitrogens with zero attached hydrogens (tertiary/aromatic N) is 2. The van der Waals surface area contributed by atoms with Crippen molar-refractivity contribution in [3.8, 4) is 5.88 Å². The van der Waals surface area contributed by atoms with Crippen LogP contribution in [0.5, 0.6) is 5.88 Å². The van der Waals surface area contributed by atoms with Crippen LogP contribution >= 0.6 is 11.8 Å². The number of rotatable bonds is 12. The van der Waals surface area contributed by atoms with Crippen LogP contribution in [0, 0.1) is 0 Å². The lowest BCUT2D eigenvalue weighted by Crippen LogP contribution is -2.26. The minimum atomic E-state index is 0.0560. The zero-order valence-corrected chi connectivity index (χ0v) is 16.3. The van der Waals surface area contributed by atoms with Crippen LogP contribution in [0.1, 0.15) is 24.2 Å². The minimum absolute atomic E-state index is 0.0560. The SMILES string of the molecule is CN(C)Cc1ccnc(OCCCCNC(=O)CSCc2ccco2)c1. The van der Waals surface area contributed by atoms with Crippen molar-refractivity contribution in [3.63, 3.8) is 0 Å². The van der Waals surface area contributed by atoms with E-state index in [1.807, 2.05) is 38.4 Å². The Kier molecular flexibility index (Phi) is 9.06. The van der Waals surface area contributed by atoms with Crippen molar-refractivity contribution in [1.82, 2.24) is 15.2 Å². The van der Waals surface area contributed by atoms with E-state index >= 15 is 0 Å². The number of carbonyl (C=O) groups excluding carboxylic acids is 1. The predicted octanol–water partition coefficient (Wildman–Crippen LogP) is 2.94. The van der Waals surface area contributed by atoms with Gasteiger partial charge in [-0.1, -0.05) is 0 Å². The molecule has 2 rings (SSSR count). The summed E-state index contributed by atoms with van der Waals surface area (Å²) in [6, 6.07) is 7.73. The highest BCUT2D eigenvalue weighted by atomic mass is 32.2. The molecule has 6 nitrogen and oxygen atoms in total. The summed E-state index contributed by atoms with van der Waals surface area (Å²) in [5.74, 6) is 2.76. The first-order valence-electron chi connectivity index (χ1n) is 8.73. The van der Waals surface area contributed by atoms with Crippen LogP contribution in [-0.2, 0) is 17.1 Å². The van der Waals surface area contributed by atoms with Crippen molar-refractivity contribution < 1.29 is 13.9 Å². The van der Waals surface area contributed by atoms with Gasteiger partial charge in [-0.15, -0.1) is 11.8 Å². The summed E-state index contributed by atoms with van der Waals surface area (Å²) in [4.78, 5) is 18.1. The van der Waals surface area contributed by atoms with Crippen LogP contribution in [0.15, 0.2) is 41.1 Å². The number of hydrogen-bond acceptors (Lipinski definition) is 6. The molecule has 0 saturated heterocycles. The number of nitrogens with one attached hydrogen (secondary N) is 1. The van der Waals surface area contributed by atoms with Crippen molar-refractivity contribution in [2.24, 2.45) is 0 Å². The first-order valence-corrected chi connectivity index (χ1v) is 9.88. The number of thioether (sulfide) groups is 1. The van der Waals surface area contributed by atoms with Crippen molar-refractivity contribution >= 4 is 17.7 Å². The average molecular weight is 378 g/mol. The largest absolute Gasteiger partial charge is 0.478 e. The molecule has 0 saturated carbocycles. The number of pyridine rings is 1. The normalized spacial score (nSPS) is 10.9. The fourth-order valence-electron chi connectivity index (χ4n) is 2.31. The average Bonchev–Trinajstić information content (AvgIpc) is 3.11. The maximum Gasteiger partial charge on any atom is 0.230 e. The number of furan rings is 1. The van der Waals surface area contributed by atoms with Gasteiger partial charge in [0.25, 0.3) is 0 Å². The molecule has 0 fully saturated rings. The smallest absolute Gasteiger partial charge is 0.230 e. The number of aromatic nitrogens is 1. The van der Waals surface area contributed by atoms with Crippen molar-refractivity contribution in [2.75, 3.05) is 33.0 Å². The Morgan fingerprint density at radius 3 is 3.00 bits per heavy atom. The third-order valence-corrected chi connectivity index (χ3v) is 4.45. The summed E-state index contributed by atoms with van der Waals surface area (Å²) in [5, 5.41) is 2.93. The molecule has 0 aliphatic rings. The molecule has 2 aromatic rings. The number of carbonyl (C=O) groups is 1. The fourth-order valence-corrected chi connectivity index (χ4v) is 3.07. The van der Waals surface area contributed by atoms with Crippen molar-refractivity contribution in [2.45, 2.75) is 25.1 Å². The molecule has 7 heteroatoms. The zero-order valence-electron chi connectivity index (χ0n) is 15.4. The summed E-state index contributed by atoms with van der Waals surface area (Å²) >= 11 is 1.55. The Morgan fingerprint density at radius 1 is 1.35 bits per heavy atom. The van der Waals surface area contributed by atoms with E-state index in [0.29, 0.717) is 30.5 Å². The summed E-state index contributed by atoms with van der Waals surface area (Å²) in [7, 11) is 4.07. The van der Waals surface area contributed by atoms with Crippen LogP contribution in [0.3, 0.4) is 0 Å². The van der Waals surface area contributed by atoms with Gasteiger partial charge in [-0.05, 0) is 50.7 Å². The topological polar surface area (TPSA) is 67.6 Å². The van der Waals surface area contributed by atoms with Gasteiger partial charge in [0.05, 0.1) is 24.4 Å². The minimum Gasteiger partial charge on any atom is -0.478 e. The van der Waals surface area contributed by atoms with E-state index in [2.05, 4.69) is 15.2 Å². The Morgan fingerprint density at radius 2 is 2.23 bits per heavy atom. The molecule has 0 aliphatic heterocycles. The van der Waals surface area contributed by atoms with Crippen LogP contribution in [0.4, 0.5) is 0 Å². The highest BCUT2D eigenvalue weighted by molar-refractivity contribution is 7.99. The molecular formula is C19H27N3O3S. The van der Waals surface area contributed by atoms with Gasteiger partial charge in [-0.3, -0.25) is 4.79 Å². The van der Waals surface area contributed by atoms with E-state index < -0.39 is 0 Å². The standard InChI is InChI=1S/C19H27N3O3S/c1-22(2)13-16-7-9-21-19(12-16)25-10-4-3-8-20-18(23)15-26-14-17-6-5-11-24-17/h5-7,9,11-12H,3-4,8,10,13-15H2,1-2H3,(H,20,23). The number of unbranched alkanes of at least 4 members (excludes halogenated alkanes) is 1. The molecule has 142 valence electrons. The third-order valence-electron chi connectivity index (χ3n) is 3.50. The van der Waals surface area contributed by atoms with Crippen LogP contribution in [0.2, 0.25) is 0 Å². The molecule has 0 bridgehead atoms. The van der Waals surface area contributed by atoms with Gasteiger partial charge < -0.3 is 19.4 Å². The van der Waals surface area contributed by atoms with Gasteiger partial charge in [0, 0.05) is 25.4 Å². The zero-order chi connectivity index (χ0) is 18.6. The molecule has 2 heterocycles. The van der Waals surface area contributed by atoms with Crippen LogP contribution < -0.4 is 10.1 Å². The van der Waals surface area contributed by atoms with Gasteiger partial charge in [0.15, 0.2) is 0 Å². The summed E-state index contributed by atoms with van der Waals surface area (Å²) < 4.78 is 10.9. The first-order chi connectivity index (χ1) is 12.6. The second-order valence-corrected chi connectivity index (χ2v) is 7.20. The van der Waals surface area contributed by atoms with Crippen LogP contribution in [-0.4, -0.2) is 48.8 Å². The molecule has 0 aromatic carbocycles. The van der Waals surface area contributed by atoms with Gasteiger partial charge >= 0.3 is 0 Å². The Hall–Kier alpha value is -1.99. The van der Waals surface area contributed by atoms with Crippen molar-refractivity contribution in [3.05, 3.63) is 48.0 Å². The second kappa shape index (κ2) is 11.6. The highest BCUT2D eigenvalue weighted by Gasteiger charge is 2.03. The molecule has 1 N–H and O–H groups in total. The summed E-state index contributed by atoms with van der Waals surface area (Å²) in [5.41, 5.74) is 1.18. The highest BCUT2D eigenvalue weighted by Crippen LogP contribution is 2.12. The lowest BCUT2D eigenvalue weighted by molar-refractivity contribution is -0.118. The molecule has 0 spiro atoms. The maximum absolute atomic E-state index is 11.7. The number of ether oxygens (including phenoxy) is 1. The molecule has 0 atom stereocenters. The molecule has 26 heavy (non-hydrogen) atoms. The van der Waals surface area contributed by atoms with Gasteiger partial charge in [0.1, 0.15) is 5.76 Å². The predicted molar refractivity (Wildman–Crippen MR) is 104 cm³/mol. The first kappa shape index (κ1) is 20.3. The molecule has 0 unspecified atom stereocenters. The van der Waals surface area contributed by atoms with E-state index in [1.165, 1.54) is 5.56 Å². The monoisotopic (exact) mass is 377 g/mol. The fraction of sp³-hybridized carbons (Fsp3) is 0.474. The molecule has 2 aromatic heterocycles. The van der Waals surface area contributed by atoms with Gasteiger partial charge in [-0.2, -0.15) is 0 Å². The Labute approximate surface area is 159 Å². The van der Waals surface area contributed by atoms with Gasteiger partial charge in [0.2, 0.25) is 11.8 Å². The Balaban J connectivity index is 1.50. The molecular weight excluding hydrogens is 350 g/mol.